The topological polar surface area (TPSA) is 59.2 Å². The van der Waals surface area contributed by atoms with Gasteiger partial charge < -0.3 is 9.32 Å². The van der Waals surface area contributed by atoms with Crippen molar-refractivity contribution < 1.29 is 9.21 Å². The molecule has 140 valence electrons. The molecule has 0 saturated carbocycles. The summed E-state index contributed by atoms with van der Waals surface area (Å²) >= 11 is 0. The molecule has 1 heterocycles. The summed E-state index contributed by atoms with van der Waals surface area (Å²) in [6.07, 6.45) is 0. The summed E-state index contributed by atoms with van der Waals surface area (Å²) in [7, 11) is 1.73. The lowest BCUT2D eigenvalue weighted by molar-refractivity contribution is 0.0772. The Labute approximate surface area is 160 Å². The van der Waals surface area contributed by atoms with Crippen molar-refractivity contribution in [3.8, 4) is 11.5 Å². The summed E-state index contributed by atoms with van der Waals surface area (Å²) in [6.45, 7) is 8.71. The van der Waals surface area contributed by atoms with Gasteiger partial charge >= 0.3 is 0 Å². The van der Waals surface area contributed by atoms with Gasteiger partial charge in [0.1, 0.15) is 0 Å². The van der Waals surface area contributed by atoms with E-state index >= 15 is 0 Å². The first-order valence-electron chi connectivity index (χ1n) is 9.00. The minimum atomic E-state index is -0.0672. The van der Waals surface area contributed by atoms with E-state index < -0.39 is 0 Å². The summed E-state index contributed by atoms with van der Waals surface area (Å²) in [6, 6.07) is 15.7. The predicted octanol–water partition coefficient (Wildman–Crippen LogP) is 4.61. The van der Waals surface area contributed by atoms with Crippen molar-refractivity contribution >= 4 is 5.91 Å². The zero-order valence-corrected chi connectivity index (χ0v) is 16.5. The van der Waals surface area contributed by atoms with Gasteiger partial charge in [-0.2, -0.15) is 0 Å². The fraction of sp³-hybridized carbons (Fsp3) is 0.318. The van der Waals surface area contributed by atoms with Gasteiger partial charge in [0, 0.05) is 18.2 Å². The molecule has 0 fully saturated rings. The molecule has 3 rings (SSSR count). The van der Waals surface area contributed by atoms with Gasteiger partial charge in [-0.1, -0.05) is 51.1 Å². The van der Waals surface area contributed by atoms with Gasteiger partial charge in [-0.15, -0.1) is 10.2 Å². The maximum Gasteiger partial charge on any atom is 0.254 e. The number of aromatic nitrogens is 2. The van der Waals surface area contributed by atoms with Gasteiger partial charge in [-0.3, -0.25) is 4.79 Å². The molecule has 5 nitrogen and oxygen atoms in total. The molecule has 0 spiro atoms. The molecule has 0 aliphatic rings. The monoisotopic (exact) mass is 363 g/mol. The van der Waals surface area contributed by atoms with Crippen LogP contribution in [0.3, 0.4) is 0 Å². The molecule has 0 atom stereocenters. The molecule has 0 aliphatic carbocycles. The SMILES string of the molecule is Cc1ccccc1C(=O)N(C)Cc1nnc(-c2ccc(C(C)(C)C)cc2)o1. The lowest BCUT2D eigenvalue weighted by Gasteiger charge is -2.18. The van der Waals surface area contributed by atoms with Crippen LogP contribution >= 0.6 is 0 Å². The molecule has 0 radical (unpaired) electrons. The molecule has 0 bridgehead atoms. The highest BCUT2D eigenvalue weighted by atomic mass is 16.4. The summed E-state index contributed by atoms with van der Waals surface area (Å²) in [5.41, 5.74) is 3.83. The lowest BCUT2D eigenvalue weighted by Crippen LogP contribution is -2.27. The number of nitrogens with zero attached hydrogens (tertiary/aromatic N) is 3. The molecule has 1 aromatic heterocycles. The van der Waals surface area contributed by atoms with E-state index in [1.165, 1.54) is 5.56 Å². The van der Waals surface area contributed by atoms with Crippen LogP contribution in [0.15, 0.2) is 52.9 Å². The van der Waals surface area contributed by atoms with E-state index in [0.29, 0.717) is 17.3 Å². The van der Waals surface area contributed by atoms with Crippen molar-refractivity contribution in [2.75, 3.05) is 7.05 Å². The Bertz CT molecular complexity index is 937. The number of hydrogen-bond acceptors (Lipinski definition) is 4. The summed E-state index contributed by atoms with van der Waals surface area (Å²) in [4.78, 5) is 14.2. The maximum atomic E-state index is 12.6. The first-order valence-corrected chi connectivity index (χ1v) is 9.00. The third-order valence-corrected chi connectivity index (χ3v) is 4.56. The molecule has 27 heavy (non-hydrogen) atoms. The fourth-order valence-electron chi connectivity index (χ4n) is 2.84. The molecule has 1 amide bonds. The third kappa shape index (κ3) is 4.25. The van der Waals surface area contributed by atoms with Gasteiger partial charge in [0.2, 0.25) is 11.8 Å². The minimum Gasteiger partial charge on any atom is -0.419 e. The first kappa shape index (κ1) is 18.8. The minimum absolute atomic E-state index is 0.0672. The van der Waals surface area contributed by atoms with E-state index in [4.69, 9.17) is 4.42 Å². The molecule has 0 N–H and O–H groups in total. The zero-order chi connectivity index (χ0) is 19.6. The summed E-state index contributed by atoms with van der Waals surface area (Å²) < 4.78 is 5.77. The maximum absolute atomic E-state index is 12.6. The molecular formula is C22H25N3O2. The Morgan fingerprint density at radius 3 is 2.33 bits per heavy atom. The second-order valence-electron chi connectivity index (χ2n) is 7.80. The average Bonchev–Trinajstić information content (AvgIpc) is 3.09. The smallest absolute Gasteiger partial charge is 0.254 e. The predicted molar refractivity (Wildman–Crippen MR) is 105 cm³/mol. The second kappa shape index (κ2) is 7.35. The quantitative estimate of drug-likeness (QED) is 0.679. The Hall–Kier alpha value is -2.95. The van der Waals surface area contributed by atoms with Crippen molar-refractivity contribution in [1.82, 2.24) is 15.1 Å². The molecule has 3 aromatic rings. The Balaban J connectivity index is 1.72. The van der Waals surface area contributed by atoms with Crippen molar-refractivity contribution in [2.24, 2.45) is 0 Å². The van der Waals surface area contributed by atoms with Gasteiger partial charge in [-0.05, 0) is 41.7 Å². The summed E-state index contributed by atoms with van der Waals surface area (Å²) in [5, 5.41) is 8.22. The van der Waals surface area contributed by atoms with E-state index in [1.807, 2.05) is 43.3 Å². The molecular weight excluding hydrogens is 338 g/mol. The molecule has 0 saturated heterocycles. The van der Waals surface area contributed by atoms with Crippen LogP contribution in [0.4, 0.5) is 0 Å². The number of aryl methyl sites for hydroxylation is 1. The Morgan fingerprint density at radius 2 is 1.70 bits per heavy atom. The van der Waals surface area contributed by atoms with Crippen LogP contribution in [0.2, 0.25) is 0 Å². The summed E-state index contributed by atoms with van der Waals surface area (Å²) in [5.74, 6) is 0.805. The number of carbonyl (C=O) groups excluding carboxylic acids is 1. The number of hydrogen-bond donors (Lipinski definition) is 0. The van der Waals surface area contributed by atoms with Crippen molar-refractivity contribution in [1.29, 1.82) is 0 Å². The van der Waals surface area contributed by atoms with Gasteiger partial charge in [0.15, 0.2) is 0 Å². The van der Waals surface area contributed by atoms with Crippen LogP contribution in [-0.2, 0) is 12.0 Å². The van der Waals surface area contributed by atoms with Crippen LogP contribution in [0.5, 0.6) is 0 Å². The van der Waals surface area contributed by atoms with E-state index in [-0.39, 0.29) is 17.9 Å². The molecule has 0 unspecified atom stereocenters. The Morgan fingerprint density at radius 1 is 1.04 bits per heavy atom. The number of amides is 1. The molecule has 2 aromatic carbocycles. The van der Waals surface area contributed by atoms with Gasteiger partial charge in [0.25, 0.3) is 5.91 Å². The average molecular weight is 363 g/mol. The second-order valence-corrected chi connectivity index (χ2v) is 7.80. The fourth-order valence-corrected chi connectivity index (χ4v) is 2.84. The van der Waals surface area contributed by atoms with Crippen molar-refractivity contribution in [2.45, 2.75) is 39.7 Å². The van der Waals surface area contributed by atoms with Crippen LogP contribution in [0.25, 0.3) is 11.5 Å². The molecule has 5 heteroatoms. The standard InChI is InChI=1S/C22H25N3O2/c1-15-8-6-7-9-18(15)21(26)25(5)14-19-23-24-20(27-19)16-10-12-17(13-11-16)22(2,3)4/h6-13H,14H2,1-5H3. The van der Waals surface area contributed by atoms with Crippen molar-refractivity contribution in [3.05, 3.63) is 71.1 Å². The van der Waals surface area contributed by atoms with E-state index in [0.717, 1.165) is 11.1 Å². The lowest BCUT2D eigenvalue weighted by atomic mass is 9.87. The number of benzene rings is 2. The number of rotatable bonds is 4. The van der Waals surface area contributed by atoms with Crippen LogP contribution in [-0.4, -0.2) is 28.1 Å². The number of carbonyl (C=O) groups is 1. The van der Waals surface area contributed by atoms with Gasteiger partial charge in [0.05, 0.1) is 6.54 Å². The Kier molecular flexibility index (Phi) is 5.13. The van der Waals surface area contributed by atoms with E-state index in [1.54, 1.807) is 11.9 Å². The normalized spacial score (nSPS) is 11.4. The highest BCUT2D eigenvalue weighted by Crippen LogP contribution is 2.25. The van der Waals surface area contributed by atoms with Crippen LogP contribution < -0.4 is 0 Å². The van der Waals surface area contributed by atoms with E-state index in [9.17, 15) is 4.79 Å². The highest BCUT2D eigenvalue weighted by molar-refractivity contribution is 5.95. The third-order valence-electron chi connectivity index (χ3n) is 4.56. The highest BCUT2D eigenvalue weighted by Gasteiger charge is 2.18. The largest absolute Gasteiger partial charge is 0.419 e. The first-order chi connectivity index (χ1) is 12.8. The van der Waals surface area contributed by atoms with Crippen LogP contribution in [0.1, 0.15) is 48.1 Å². The van der Waals surface area contributed by atoms with Crippen LogP contribution in [0, 0.1) is 6.92 Å². The molecule has 0 aliphatic heterocycles. The van der Waals surface area contributed by atoms with E-state index in [2.05, 4.69) is 43.1 Å². The van der Waals surface area contributed by atoms with Crippen molar-refractivity contribution in [3.63, 3.8) is 0 Å². The zero-order valence-electron chi connectivity index (χ0n) is 16.5. The van der Waals surface area contributed by atoms with Gasteiger partial charge in [-0.25, -0.2) is 0 Å².